The lowest BCUT2D eigenvalue weighted by Crippen LogP contribution is -2.22. The number of nitrogens with zero attached hydrogens (tertiary/aromatic N) is 1. The highest BCUT2D eigenvalue weighted by Crippen LogP contribution is 2.41. The summed E-state index contributed by atoms with van der Waals surface area (Å²) >= 11 is 1.77. The number of para-hydroxylation sites is 1. The Balaban J connectivity index is 2.50. The van der Waals surface area contributed by atoms with Gasteiger partial charge in [0.05, 0.1) is 5.52 Å². The van der Waals surface area contributed by atoms with Gasteiger partial charge in [-0.3, -0.25) is 4.79 Å². The molecule has 0 aliphatic carbocycles. The lowest BCUT2D eigenvalue weighted by atomic mass is 10.0. The van der Waals surface area contributed by atoms with E-state index in [-0.39, 0.29) is 11.5 Å². The van der Waals surface area contributed by atoms with Crippen molar-refractivity contribution in [3.63, 3.8) is 0 Å². The average Bonchev–Trinajstić information content (AvgIpc) is 2.80. The summed E-state index contributed by atoms with van der Waals surface area (Å²) in [5, 5.41) is 1.18. The van der Waals surface area contributed by atoms with E-state index in [1.807, 2.05) is 31.3 Å². The third kappa shape index (κ3) is 1.39. The number of benzene rings is 1. The third-order valence-electron chi connectivity index (χ3n) is 3.35. The van der Waals surface area contributed by atoms with Crippen molar-refractivity contribution in [3.05, 3.63) is 52.8 Å². The molecule has 0 radical (unpaired) electrons. The minimum absolute atomic E-state index is 0.119. The molecule has 86 valence electrons. The summed E-state index contributed by atoms with van der Waals surface area (Å²) in [5.41, 5.74) is 2.05. The monoisotopic (exact) mass is 243 g/mol. The SMILES string of the molecule is C=CC1CSc2c1c(=O)n(C)c1ccccc21. The van der Waals surface area contributed by atoms with Crippen LogP contribution >= 0.6 is 11.8 Å². The average molecular weight is 243 g/mol. The van der Waals surface area contributed by atoms with E-state index in [2.05, 4.69) is 12.6 Å². The van der Waals surface area contributed by atoms with Crippen LogP contribution in [0.15, 0.2) is 46.6 Å². The molecule has 3 rings (SSSR count). The molecule has 1 atom stereocenters. The zero-order chi connectivity index (χ0) is 12.0. The summed E-state index contributed by atoms with van der Waals surface area (Å²) in [4.78, 5) is 13.5. The molecule has 1 aromatic carbocycles. The van der Waals surface area contributed by atoms with Gasteiger partial charge in [-0.1, -0.05) is 24.3 Å². The Morgan fingerprint density at radius 3 is 3.00 bits per heavy atom. The molecule has 1 unspecified atom stereocenters. The molecular formula is C14H13NOS. The molecule has 1 aliphatic rings. The molecule has 2 nitrogen and oxygen atoms in total. The molecule has 0 spiro atoms. The smallest absolute Gasteiger partial charge is 0.255 e. The first-order valence-corrected chi connectivity index (χ1v) is 6.59. The summed E-state index contributed by atoms with van der Waals surface area (Å²) in [5.74, 6) is 1.13. The third-order valence-corrected chi connectivity index (χ3v) is 4.61. The van der Waals surface area contributed by atoms with Gasteiger partial charge in [-0.25, -0.2) is 0 Å². The van der Waals surface area contributed by atoms with E-state index in [1.165, 1.54) is 5.39 Å². The highest BCUT2D eigenvalue weighted by atomic mass is 32.2. The number of allylic oxidation sites excluding steroid dienone is 1. The maximum Gasteiger partial charge on any atom is 0.255 e. The molecule has 0 saturated heterocycles. The molecule has 0 N–H and O–H groups in total. The Kier molecular flexibility index (Phi) is 2.37. The Hall–Kier alpha value is -1.48. The number of fused-ring (bicyclic) bond motifs is 3. The normalized spacial score (nSPS) is 18.3. The Morgan fingerprint density at radius 1 is 1.47 bits per heavy atom. The van der Waals surface area contributed by atoms with Crippen molar-refractivity contribution in [2.24, 2.45) is 7.05 Å². The lowest BCUT2D eigenvalue weighted by Gasteiger charge is -2.11. The fraction of sp³-hybridized carbons (Fsp3) is 0.214. The van der Waals surface area contributed by atoms with Crippen molar-refractivity contribution >= 4 is 22.7 Å². The molecule has 2 heterocycles. The number of aryl methyl sites for hydroxylation is 1. The number of thioether (sulfide) groups is 1. The second-order valence-electron chi connectivity index (χ2n) is 4.28. The molecule has 2 aromatic rings. The maximum absolute atomic E-state index is 12.3. The van der Waals surface area contributed by atoms with Crippen LogP contribution in [0.25, 0.3) is 10.9 Å². The van der Waals surface area contributed by atoms with E-state index in [1.54, 1.807) is 16.3 Å². The fourth-order valence-electron chi connectivity index (χ4n) is 2.42. The van der Waals surface area contributed by atoms with Gasteiger partial charge in [-0.2, -0.15) is 0 Å². The van der Waals surface area contributed by atoms with Gasteiger partial charge in [0.15, 0.2) is 0 Å². The molecule has 0 saturated carbocycles. The van der Waals surface area contributed by atoms with Crippen LogP contribution in [0.4, 0.5) is 0 Å². The first-order chi connectivity index (χ1) is 8.24. The predicted octanol–water partition coefficient (Wildman–Crippen LogP) is 2.91. The van der Waals surface area contributed by atoms with Crippen LogP contribution in [-0.4, -0.2) is 10.3 Å². The highest BCUT2D eigenvalue weighted by Gasteiger charge is 2.27. The minimum atomic E-state index is 0.119. The Morgan fingerprint density at radius 2 is 2.24 bits per heavy atom. The Bertz CT molecular complexity index is 672. The molecule has 0 amide bonds. The highest BCUT2D eigenvalue weighted by molar-refractivity contribution is 7.99. The predicted molar refractivity (Wildman–Crippen MR) is 72.9 cm³/mol. The van der Waals surface area contributed by atoms with Gasteiger partial charge in [0, 0.05) is 34.6 Å². The minimum Gasteiger partial charge on any atom is -0.311 e. The van der Waals surface area contributed by atoms with Crippen LogP contribution in [0.3, 0.4) is 0 Å². The molecule has 1 aromatic heterocycles. The largest absolute Gasteiger partial charge is 0.311 e. The maximum atomic E-state index is 12.3. The zero-order valence-corrected chi connectivity index (χ0v) is 10.5. The zero-order valence-electron chi connectivity index (χ0n) is 9.64. The molecule has 17 heavy (non-hydrogen) atoms. The van der Waals surface area contributed by atoms with Crippen molar-refractivity contribution in [1.29, 1.82) is 0 Å². The van der Waals surface area contributed by atoms with Crippen LogP contribution in [0.5, 0.6) is 0 Å². The lowest BCUT2D eigenvalue weighted by molar-refractivity contribution is 0.844. The van der Waals surface area contributed by atoms with E-state index >= 15 is 0 Å². The van der Waals surface area contributed by atoms with Gasteiger partial charge < -0.3 is 4.57 Å². The number of hydrogen-bond donors (Lipinski definition) is 0. The van der Waals surface area contributed by atoms with E-state index in [0.29, 0.717) is 0 Å². The molecular weight excluding hydrogens is 230 g/mol. The second-order valence-corrected chi connectivity index (χ2v) is 5.31. The number of rotatable bonds is 1. The number of hydrogen-bond acceptors (Lipinski definition) is 2. The standard InChI is InChI=1S/C14H13NOS/c1-3-9-8-17-13-10-6-4-5-7-11(10)15(2)14(16)12(9)13/h3-7,9H,1,8H2,2H3. The van der Waals surface area contributed by atoms with Gasteiger partial charge >= 0.3 is 0 Å². The van der Waals surface area contributed by atoms with Gasteiger partial charge in [0.25, 0.3) is 5.56 Å². The van der Waals surface area contributed by atoms with Crippen LogP contribution in [0.1, 0.15) is 11.5 Å². The van der Waals surface area contributed by atoms with Crippen molar-refractivity contribution in [1.82, 2.24) is 4.57 Å². The number of aromatic nitrogens is 1. The van der Waals surface area contributed by atoms with Crippen LogP contribution in [0.2, 0.25) is 0 Å². The van der Waals surface area contributed by atoms with Crippen molar-refractivity contribution < 1.29 is 0 Å². The van der Waals surface area contributed by atoms with Gasteiger partial charge in [-0.15, -0.1) is 18.3 Å². The summed E-state index contributed by atoms with van der Waals surface area (Å²) < 4.78 is 1.75. The summed E-state index contributed by atoms with van der Waals surface area (Å²) in [7, 11) is 1.84. The van der Waals surface area contributed by atoms with E-state index < -0.39 is 0 Å². The van der Waals surface area contributed by atoms with Gasteiger partial charge in [0.2, 0.25) is 0 Å². The number of pyridine rings is 1. The van der Waals surface area contributed by atoms with Gasteiger partial charge in [0.1, 0.15) is 0 Å². The Labute approximate surface area is 104 Å². The first kappa shape index (κ1) is 10.7. The van der Waals surface area contributed by atoms with Crippen molar-refractivity contribution in [2.45, 2.75) is 10.8 Å². The quantitative estimate of drug-likeness (QED) is 0.718. The summed E-state index contributed by atoms with van der Waals surface area (Å²) in [6.45, 7) is 3.83. The molecule has 0 fully saturated rings. The molecule has 3 heteroatoms. The molecule has 0 bridgehead atoms. The van der Waals surface area contributed by atoms with Gasteiger partial charge in [-0.05, 0) is 6.07 Å². The first-order valence-electron chi connectivity index (χ1n) is 5.61. The summed E-state index contributed by atoms with van der Waals surface area (Å²) in [6, 6.07) is 8.08. The second kappa shape index (κ2) is 3.77. The van der Waals surface area contributed by atoms with E-state index in [9.17, 15) is 4.79 Å². The van der Waals surface area contributed by atoms with Crippen LogP contribution in [0, 0.1) is 0 Å². The van der Waals surface area contributed by atoms with Crippen LogP contribution < -0.4 is 5.56 Å². The van der Waals surface area contributed by atoms with Crippen LogP contribution in [-0.2, 0) is 7.05 Å². The topological polar surface area (TPSA) is 22.0 Å². The fourth-order valence-corrected chi connectivity index (χ4v) is 3.79. The van der Waals surface area contributed by atoms with Crippen molar-refractivity contribution in [3.8, 4) is 0 Å². The van der Waals surface area contributed by atoms with E-state index in [0.717, 1.165) is 21.7 Å². The van der Waals surface area contributed by atoms with E-state index in [4.69, 9.17) is 0 Å². The molecule has 1 aliphatic heterocycles. The van der Waals surface area contributed by atoms with Crippen molar-refractivity contribution in [2.75, 3.05) is 5.75 Å². The summed E-state index contributed by atoms with van der Waals surface area (Å²) in [6.07, 6.45) is 1.88.